The maximum Gasteiger partial charge on any atom is 0.310 e. The van der Waals surface area contributed by atoms with Gasteiger partial charge in [-0.1, -0.05) is 25.5 Å². The Morgan fingerprint density at radius 3 is 2.28 bits per heavy atom. The van der Waals surface area contributed by atoms with Gasteiger partial charge in [0.2, 0.25) is 17.7 Å². The number of amides is 2. The summed E-state index contributed by atoms with van der Waals surface area (Å²) >= 11 is 0. The Kier molecular flexibility index (Phi) is 7.40. The average molecular weight is 585 g/mol. The third-order valence-corrected chi connectivity index (χ3v) is 7.75. The molecule has 1 aliphatic heterocycles. The quantitative estimate of drug-likeness (QED) is 0.421. The Morgan fingerprint density at radius 1 is 1.08 bits per heavy atom. The average Bonchev–Trinajstić information content (AvgIpc) is 2.88. The van der Waals surface area contributed by atoms with Gasteiger partial charge < -0.3 is 15.4 Å². The third kappa shape index (κ3) is 7.19. The number of hydrogen-bond donors (Lipinski definition) is 2. The van der Waals surface area contributed by atoms with Gasteiger partial charge in [0.05, 0.1) is 13.2 Å². The van der Waals surface area contributed by atoms with E-state index in [1.165, 1.54) is 24.5 Å². The summed E-state index contributed by atoms with van der Waals surface area (Å²) in [6, 6.07) is 1.46. The van der Waals surface area contributed by atoms with Crippen LogP contribution in [0.2, 0.25) is 0 Å². The number of pyridine rings is 1. The van der Waals surface area contributed by atoms with Crippen molar-refractivity contribution in [1.29, 1.82) is 0 Å². The summed E-state index contributed by atoms with van der Waals surface area (Å²) < 4.78 is 99.4. The third-order valence-electron chi connectivity index (χ3n) is 6.59. The highest BCUT2D eigenvalue weighted by molar-refractivity contribution is 8.45. The summed E-state index contributed by atoms with van der Waals surface area (Å²) in [5.41, 5.74) is -0.102. The van der Waals surface area contributed by atoms with E-state index < -0.39 is 63.8 Å². The van der Waals surface area contributed by atoms with Crippen molar-refractivity contribution in [3.05, 3.63) is 54.4 Å². The molecular formula is C24H27F7N4O3S. The van der Waals surface area contributed by atoms with Crippen LogP contribution < -0.4 is 15.5 Å². The lowest BCUT2D eigenvalue weighted by Crippen LogP contribution is -2.56. The molecule has 0 spiro atoms. The van der Waals surface area contributed by atoms with Gasteiger partial charge in [-0.05, 0) is 43.2 Å². The van der Waals surface area contributed by atoms with Crippen molar-refractivity contribution in [2.45, 2.75) is 54.6 Å². The van der Waals surface area contributed by atoms with Crippen molar-refractivity contribution < 1.29 is 42.5 Å². The van der Waals surface area contributed by atoms with E-state index in [4.69, 9.17) is 4.74 Å². The summed E-state index contributed by atoms with van der Waals surface area (Å²) in [6.07, 6.45) is 1.72. The summed E-state index contributed by atoms with van der Waals surface area (Å²) in [4.78, 5) is 30.1. The molecule has 2 heterocycles. The number of nitrogens with one attached hydrogen (secondary N) is 2. The Morgan fingerprint density at radius 2 is 1.74 bits per heavy atom. The Hall–Kier alpha value is -2.91. The van der Waals surface area contributed by atoms with Gasteiger partial charge in [-0.15, -0.1) is 0 Å². The van der Waals surface area contributed by atoms with E-state index in [1.54, 1.807) is 0 Å². The van der Waals surface area contributed by atoms with E-state index in [2.05, 4.69) is 15.6 Å². The molecule has 2 fully saturated rings. The minimum Gasteiger partial charge on any atom is -0.378 e. The molecule has 2 amide bonds. The predicted octanol–water partition coefficient (Wildman–Crippen LogP) is 5.50. The number of benzene rings is 1. The van der Waals surface area contributed by atoms with Crippen molar-refractivity contribution in [1.82, 2.24) is 15.6 Å². The standard InChI is InChI=1S/C24H27F7N4O3S/c25-24(26)9-7-17(8-10-24)34-22(36)21(16-2-1-11-32-14-16)35(23(37)20-15-38-13-12-33-20)18-3-5-19(6-4-18)39(27,28,29,30)31/h1-6,11,14,17,20-21,33H,7-10,12-13,15H2,(H,34,36)/t20-,21?/m1/s1. The second kappa shape index (κ2) is 9.93. The molecular weight excluding hydrogens is 557 g/mol. The molecule has 7 nitrogen and oxygen atoms in total. The fourth-order valence-electron chi connectivity index (χ4n) is 4.58. The topological polar surface area (TPSA) is 83.6 Å². The van der Waals surface area contributed by atoms with Gasteiger partial charge in [-0.2, -0.15) is 0 Å². The van der Waals surface area contributed by atoms with Crippen LogP contribution in [0.1, 0.15) is 37.3 Å². The number of halogens is 7. The molecule has 15 heteroatoms. The van der Waals surface area contributed by atoms with Crippen LogP contribution in [-0.2, 0) is 14.3 Å². The first kappa shape index (κ1) is 29.1. The first-order valence-corrected chi connectivity index (χ1v) is 14.1. The van der Waals surface area contributed by atoms with E-state index in [0.29, 0.717) is 18.7 Å². The second-order valence-corrected chi connectivity index (χ2v) is 12.0. The first-order valence-electron chi connectivity index (χ1n) is 12.1. The van der Waals surface area contributed by atoms with Crippen molar-refractivity contribution in [3.8, 4) is 0 Å². The Bertz CT molecular complexity index is 1190. The van der Waals surface area contributed by atoms with E-state index >= 15 is 0 Å². The number of aromatic nitrogens is 1. The molecule has 0 radical (unpaired) electrons. The van der Waals surface area contributed by atoms with Crippen LogP contribution in [0.5, 0.6) is 0 Å². The van der Waals surface area contributed by atoms with Gasteiger partial charge in [-0.25, -0.2) is 8.78 Å². The fraction of sp³-hybridized carbons (Fsp3) is 0.458. The molecule has 1 aliphatic carbocycles. The van der Waals surface area contributed by atoms with Crippen molar-refractivity contribution in [2.24, 2.45) is 0 Å². The molecule has 2 N–H and O–H groups in total. The van der Waals surface area contributed by atoms with Gasteiger partial charge in [0, 0.05) is 49.1 Å². The smallest absolute Gasteiger partial charge is 0.310 e. The van der Waals surface area contributed by atoms with Gasteiger partial charge in [-0.3, -0.25) is 19.5 Å². The van der Waals surface area contributed by atoms with E-state index in [-0.39, 0.29) is 49.4 Å². The molecule has 2 atom stereocenters. The lowest BCUT2D eigenvalue weighted by molar-refractivity contribution is -0.129. The number of nitrogens with zero attached hydrogens (tertiary/aromatic N) is 2. The summed E-state index contributed by atoms with van der Waals surface area (Å²) in [5.74, 6) is -4.42. The van der Waals surface area contributed by atoms with Crippen LogP contribution >= 0.6 is 10.2 Å². The largest absolute Gasteiger partial charge is 0.378 e. The highest BCUT2D eigenvalue weighted by Crippen LogP contribution is 3.02. The number of ether oxygens (including phenoxy) is 1. The van der Waals surface area contributed by atoms with E-state index in [9.17, 15) is 37.8 Å². The molecule has 2 aromatic rings. The fourth-order valence-corrected chi connectivity index (χ4v) is 5.23. The number of rotatable bonds is 7. The lowest BCUT2D eigenvalue weighted by atomic mass is 9.91. The van der Waals surface area contributed by atoms with Gasteiger partial charge >= 0.3 is 10.2 Å². The zero-order valence-electron chi connectivity index (χ0n) is 20.5. The van der Waals surface area contributed by atoms with Crippen LogP contribution in [0.4, 0.5) is 33.9 Å². The molecule has 1 unspecified atom stereocenters. The number of carbonyl (C=O) groups excluding carboxylic acids is 2. The molecule has 216 valence electrons. The van der Waals surface area contributed by atoms with Crippen molar-refractivity contribution in [2.75, 3.05) is 24.7 Å². The zero-order chi connectivity index (χ0) is 28.5. The summed E-state index contributed by atoms with van der Waals surface area (Å²) in [7, 11) is -10.0. The van der Waals surface area contributed by atoms with Gasteiger partial charge in [0.25, 0.3) is 0 Å². The van der Waals surface area contributed by atoms with Crippen LogP contribution in [0.15, 0.2) is 53.7 Å². The highest BCUT2D eigenvalue weighted by Gasteiger charge is 2.65. The van der Waals surface area contributed by atoms with Crippen LogP contribution in [0.25, 0.3) is 0 Å². The number of anilines is 1. The van der Waals surface area contributed by atoms with Crippen LogP contribution in [0, 0.1) is 0 Å². The second-order valence-electron chi connectivity index (χ2n) is 9.58. The van der Waals surface area contributed by atoms with E-state index in [0.717, 1.165) is 4.90 Å². The van der Waals surface area contributed by atoms with Crippen LogP contribution in [0.3, 0.4) is 0 Å². The Labute approximate surface area is 219 Å². The minimum absolute atomic E-state index is 0.0247. The Balaban J connectivity index is 1.75. The monoisotopic (exact) mass is 584 g/mol. The molecule has 1 aromatic carbocycles. The maximum absolute atomic E-state index is 13.7. The van der Waals surface area contributed by atoms with E-state index in [1.807, 2.05) is 0 Å². The number of hydrogen-bond acceptors (Lipinski definition) is 5. The van der Waals surface area contributed by atoms with Crippen LogP contribution in [-0.4, -0.2) is 54.6 Å². The lowest BCUT2D eigenvalue weighted by Gasteiger charge is -2.41. The minimum atomic E-state index is -10.0. The van der Waals surface area contributed by atoms with Crippen molar-refractivity contribution >= 4 is 27.7 Å². The molecule has 1 saturated heterocycles. The molecule has 39 heavy (non-hydrogen) atoms. The summed E-state index contributed by atoms with van der Waals surface area (Å²) in [5, 5.41) is 5.58. The van der Waals surface area contributed by atoms with Gasteiger partial charge in [0.1, 0.15) is 17.0 Å². The van der Waals surface area contributed by atoms with Gasteiger partial charge in [0.15, 0.2) is 0 Å². The molecule has 2 aliphatic rings. The normalized spacial score (nSPS) is 22.7. The molecule has 1 saturated carbocycles. The molecule has 0 bridgehead atoms. The summed E-state index contributed by atoms with van der Waals surface area (Å²) in [6.45, 7) is 0.451. The van der Waals surface area contributed by atoms with Crippen molar-refractivity contribution in [3.63, 3.8) is 0 Å². The molecule has 4 rings (SSSR count). The molecule has 1 aromatic heterocycles. The SMILES string of the molecule is O=C(NC1CCC(F)(F)CC1)C(c1cccnc1)N(C(=O)[C@H]1COCCN1)c1ccc(S(F)(F)(F)(F)F)cc1. The number of carbonyl (C=O) groups is 2. The zero-order valence-corrected chi connectivity index (χ0v) is 21.3. The highest BCUT2D eigenvalue weighted by atomic mass is 32.5. The first-order chi connectivity index (χ1) is 18.0. The number of morpholine rings is 1. The predicted molar refractivity (Wildman–Crippen MR) is 130 cm³/mol. The maximum atomic E-state index is 13.7. The number of alkyl halides is 2.